The van der Waals surface area contributed by atoms with Gasteiger partial charge in [0, 0.05) is 17.3 Å². The zero-order valence-corrected chi connectivity index (χ0v) is 17.7. The number of halogens is 1. The lowest BCUT2D eigenvalue weighted by Crippen LogP contribution is -2.36. The summed E-state index contributed by atoms with van der Waals surface area (Å²) < 4.78 is 7.32. The van der Waals surface area contributed by atoms with E-state index in [0.29, 0.717) is 5.02 Å². The van der Waals surface area contributed by atoms with E-state index in [1.165, 1.54) is 0 Å². The van der Waals surface area contributed by atoms with Gasteiger partial charge in [-0.1, -0.05) is 32.4 Å². The first-order valence-corrected chi connectivity index (χ1v) is 9.56. The van der Waals surface area contributed by atoms with Crippen molar-refractivity contribution < 1.29 is 4.74 Å². The van der Waals surface area contributed by atoms with Crippen LogP contribution in [0.1, 0.15) is 41.0 Å². The van der Waals surface area contributed by atoms with E-state index in [9.17, 15) is 0 Å². The summed E-state index contributed by atoms with van der Waals surface area (Å²) in [6.07, 6.45) is 2.92. The number of ether oxygens (including phenoxy) is 1. The Morgan fingerprint density at radius 1 is 1.04 bits per heavy atom. The third kappa shape index (κ3) is 4.56. The minimum Gasteiger partial charge on any atom is -0.497 e. The highest BCUT2D eigenvalue weighted by atomic mass is 35.5. The molecule has 144 valence electrons. The maximum atomic E-state index is 6.27. The van der Waals surface area contributed by atoms with Gasteiger partial charge in [-0.3, -0.25) is 4.40 Å². The van der Waals surface area contributed by atoms with Crippen LogP contribution in [-0.2, 0) is 0 Å². The van der Waals surface area contributed by atoms with E-state index in [1.807, 2.05) is 47.0 Å². The number of anilines is 1. The van der Waals surface area contributed by atoms with Crippen molar-refractivity contribution in [3.8, 4) is 17.0 Å². The number of pyridine rings is 1. The van der Waals surface area contributed by atoms with Crippen LogP contribution in [0.5, 0.6) is 5.75 Å². The van der Waals surface area contributed by atoms with E-state index in [4.69, 9.17) is 21.3 Å². The molecule has 2 aromatic heterocycles. The van der Waals surface area contributed by atoms with E-state index in [1.54, 1.807) is 7.11 Å². The Kier molecular flexibility index (Phi) is 5.13. The molecule has 3 rings (SSSR count). The van der Waals surface area contributed by atoms with Gasteiger partial charge in [-0.25, -0.2) is 4.98 Å². The van der Waals surface area contributed by atoms with Crippen LogP contribution in [0.4, 0.5) is 5.82 Å². The number of imidazole rings is 1. The van der Waals surface area contributed by atoms with Gasteiger partial charge in [0.2, 0.25) is 0 Å². The SMILES string of the molecule is COc1ccc(-c2nc3ccc(Cl)cn3c2NC(C)(C)CC(C)(C)C)cc1. The van der Waals surface area contributed by atoms with Gasteiger partial charge in [0.1, 0.15) is 22.9 Å². The van der Waals surface area contributed by atoms with Crippen LogP contribution < -0.4 is 10.1 Å². The fraction of sp³-hybridized carbons (Fsp3) is 0.409. The summed E-state index contributed by atoms with van der Waals surface area (Å²) in [6.45, 7) is 11.2. The quantitative estimate of drug-likeness (QED) is 0.560. The number of hydrogen-bond acceptors (Lipinski definition) is 3. The average molecular weight is 386 g/mol. The smallest absolute Gasteiger partial charge is 0.139 e. The van der Waals surface area contributed by atoms with E-state index in [-0.39, 0.29) is 11.0 Å². The number of methoxy groups -OCH3 is 1. The summed E-state index contributed by atoms with van der Waals surface area (Å²) in [4.78, 5) is 4.86. The van der Waals surface area contributed by atoms with Gasteiger partial charge in [0.05, 0.1) is 12.1 Å². The Balaban J connectivity index is 2.11. The Hall–Kier alpha value is -2.20. The number of nitrogens with zero attached hydrogens (tertiary/aromatic N) is 2. The highest BCUT2D eigenvalue weighted by Gasteiger charge is 2.28. The van der Waals surface area contributed by atoms with E-state index in [0.717, 1.165) is 34.9 Å². The van der Waals surface area contributed by atoms with Crippen molar-refractivity contribution in [1.29, 1.82) is 0 Å². The lowest BCUT2D eigenvalue weighted by atomic mass is 9.82. The first-order chi connectivity index (χ1) is 12.6. The Labute approximate surface area is 166 Å². The third-order valence-corrected chi connectivity index (χ3v) is 4.60. The number of benzene rings is 1. The second kappa shape index (κ2) is 7.08. The monoisotopic (exact) mass is 385 g/mol. The van der Waals surface area contributed by atoms with E-state index < -0.39 is 0 Å². The van der Waals surface area contributed by atoms with Crippen LogP contribution in [0.2, 0.25) is 5.02 Å². The summed E-state index contributed by atoms with van der Waals surface area (Å²) in [6, 6.07) is 11.8. The number of aromatic nitrogens is 2. The molecule has 3 aromatic rings. The van der Waals surface area contributed by atoms with Crippen molar-refractivity contribution in [3.05, 3.63) is 47.6 Å². The molecule has 0 spiro atoms. The second-order valence-electron chi connectivity index (χ2n) is 8.86. The van der Waals surface area contributed by atoms with Gasteiger partial charge in [-0.2, -0.15) is 0 Å². The van der Waals surface area contributed by atoms with Crippen molar-refractivity contribution in [1.82, 2.24) is 9.38 Å². The van der Waals surface area contributed by atoms with Crippen LogP contribution in [0, 0.1) is 5.41 Å². The van der Waals surface area contributed by atoms with Gasteiger partial charge in [0.15, 0.2) is 0 Å². The molecule has 0 bridgehead atoms. The molecule has 0 unspecified atom stereocenters. The molecule has 5 heteroatoms. The zero-order valence-electron chi connectivity index (χ0n) is 16.9. The molecule has 0 aliphatic heterocycles. The highest BCUT2D eigenvalue weighted by molar-refractivity contribution is 6.30. The summed E-state index contributed by atoms with van der Waals surface area (Å²) in [5, 5.41) is 4.41. The number of rotatable bonds is 5. The number of fused-ring (bicyclic) bond motifs is 1. The molecule has 27 heavy (non-hydrogen) atoms. The standard InChI is InChI=1S/C22H28ClN3O/c1-21(2,3)14-22(4,5)25-20-19(15-7-10-17(27-6)11-8-15)24-18-12-9-16(23)13-26(18)20/h7-13,25H,14H2,1-6H3. The van der Waals surface area contributed by atoms with E-state index >= 15 is 0 Å². The van der Waals surface area contributed by atoms with Crippen LogP contribution in [0.15, 0.2) is 42.6 Å². The fourth-order valence-electron chi connectivity index (χ4n) is 3.78. The van der Waals surface area contributed by atoms with Crippen LogP contribution >= 0.6 is 11.6 Å². The normalized spacial score (nSPS) is 12.4. The first-order valence-electron chi connectivity index (χ1n) is 9.18. The molecule has 0 aliphatic rings. The highest BCUT2D eigenvalue weighted by Crippen LogP contribution is 2.35. The molecule has 4 nitrogen and oxygen atoms in total. The zero-order chi connectivity index (χ0) is 19.8. The average Bonchev–Trinajstić information content (AvgIpc) is 2.90. The molecule has 0 saturated heterocycles. The minimum absolute atomic E-state index is 0.113. The molecular formula is C22H28ClN3O. The summed E-state index contributed by atoms with van der Waals surface area (Å²) in [5.41, 5.74) is 2.89. The van der Waals surface area contributed by atoms with Crippen molar-refractivity contribution in [3.63, 3.8) is 0 Å². The largest absolute Gasteiger partial charge is 0.497 e. The molecule has 0 aliphatic carbocycles. The van der Waals surface area contributed by atoms with Gasteiger partial charge in [-0.05, 0) is 62.1 Å². The lowest BCUT2D eigenvalue weighted by molar-refractivity contribution is 0.302. The topological polar surface area (TPSA) is 38.6 Å². The van der Waals surface area contributed by atoms with Gasteiger partial charge in [-0.15, -0.1) is 0 Å². The Morgan fingerprint density at radius 3 is 2.30 bits per heavy atom. The molecule has 0 amide bonds. The third-order valence-electron chi connectivity index (χ3n) is 4.37. The summed E-state index contributed by atoms with van der Waals surface area (Å²) in [5.74, 6) is 1.78. The predicted molar refractivity (Wildman–Crippen MR) is 114 cm³/mol. The van der Waals surface area contributed by atoms with Crippen LogP contribution in [-0.4, -0.2) is 22.0 Å². The van der Waals surface area contributed by atoms with Crippen molar-refractivity contribution in [2.24, 2.45) is 5.41 Å². The van der Waals surface area contributed by atoms with E-state index in [2.05, 4.69) is 39.9 Å². The van der Waals surface area contributed by atoms with Gasteiger partial charge in [0.25, 0.3) is 0 Å². The molecule has 0 saturated carbocycles. The summed E-state index contributed by atoms with van der Waals surface area (Å²) >= 11 is 6.27. The molecule has 0 fully saturated rings. The van der Waals surface area contributed by atoms with Gasteiger partial charge >= 0.3 is 0 Å². The molecule has 1 N–H and O–H groups in total. The fourth-order valence-corrected chi connectivity index (χ4v) is 3.94. The number of nitrogens with one attached hydrogen (secondary N) is 1. The van der Waals surface area contributed by atoms with Crippen LogP contribution in [0.25, 0.3) is 16.9 Å². The molecular weight excluding hydrogens is 358 g/mol. The Morgan fingerprint density at radius 2 is 1.70 bits per heavy atom. The maximum absolute atomic E-state index is 6.27. The Bertz CT molecular complexity index is 937. The van der Waals surface area contributed by atoms with Crippen molar-refractivity contribution in [2.75, 3.05) is 12.4 Å². The molecule has 0 radical (unpaired) electrons. The summed E-state index contributed by atoms with van der Waals surface area (Å²) in [7, 11) is 1.67. The first kappa shape index (κ1) is 19.6. The second-order valence-corrected chi connectivity index (χ2v) is 9.30. The van der Waals surface area contributed by atoms with Crippen molar-refractivity contribution >= 4 is 23.1 Å². The number of hydrogen-bond donors (Lipinski definition) is 1. The minimum atomic E-state index is -0.113. The maximum Gasteiger partial charge on any atom is 0.139 e. The van der Waals surface area contributed by atoms with Crippen molar-refractivity contribution in [2.45, 2.75) is 46.6 Å². The van der Waals surface area contributed by atoms with Crippen LogP contribution in [0.3, 0.4) is 0 Å². The molecule has 2 heterocycles. The predicted octanol–water partition coefficient (Wildman–Crippen LogP) is 6.29. The van der Waals surface area contributed by atoms with Gasteiger partial charge < -0.3 is 10.1 Å². The molecule has 0 atom stereocenters. The molecule has 1 aromatic carbocycles. The lowest BCUT2D eigenvalue weighted by Gasteiger charge is -2.34.